The van der Waals surface area contributed by atoms with Crippen molar-refractivity contribution in [1.82, 2.24) is 28.2 Å². The number of pyridine rings is 2. The minimum atomic E-state index is 0.764. The molecule has 6 aromatic heterocycles. The fraction of sp³-hybridized carbons (Fsp3) is 0. The lowest BCUT2D eigenvalue weighted by atomic mass is 10.0. The van der Waals surface area contributed by atoms with E-state index in [2.05, 4.69) is 284 Å². The van der Waals surface area contributed by atoms with Crippen molar-refractivity contribution in [2.75, 3.05) is 4.90 Å². The summed E-state index contributed by atoms with van der Waals surface area (Å²) in [7, 11) is 0. The highest BCUT2D eigenvalue weighted by atomic mass is 15.2. The van der Waals surface area contributed by atoms with Gasteiger partial charge in [-0.1, -0.05) is 170 Å². The Labute approximate surface area is 442 Å². The number of hydrogen-bond donors (Lipinski definition) is 0. The molecule has 0 saturated carbocycles. The average Bonchev–Trinajstić information content (AvgIpc) is 4.43. The van der Waals surface area contributed by atoms with Gasteiger partial charge in [0.15, 0.2) is 11.6 Å². The second-order valence-electron chi connectivity index (χ2n) is 19.7. The van der Waals surface area contributed by atoms with Crippen LogP contribution in [0.25, 0.3) is 121 Å². The molecule has 0 amide bonds. The van der Waals surface area contributed by atoms with Gasteiger partial charge in [0.2, 0.25) is 0 Å². The maximum absolute atomic E-state index is 6.38. The van der Waals surface area contributed by atoms with Gasteiger partial charge >= 0.3 is 0 Å². The predicted molar refractivity (Wildman–Crippen MR) is 320 cm³/mol. The van der Waals surface area contributed by atoms with E-state index in [0.29, 0.717) is 0 Å². The van der Waals surface area contributed by atoms with Crippen LogP contribution in [-0.4, -0.2) is 28.2 Å². The van der Waals surface area contributed by atoms with E-state index >= 15 is 0 Å². The first-order valence-corrected chi connectivity index (χ1v) is 26.2. The molecule has 360 valence electrons. The molecular weight excluding hydrogens is 939 g/mol. The van der Waals surface area contributed by atoms with E-state index in [4.69, 9.17) is 9.97 Å². The average molecular weight is 984 g/mol. The molecule has 0 fully saturated rings. The molecule has 0 aliphatic heterocycles. The zero-order chi connectivity index (χ0) is 50.6. The number of aromatic nitrogens is 6. The summed E-state index contributed by atoms with van der Waals surface area (Å²) < 4.78 is 9.74. The molecular formula is C70H45N7. The van der Waals surface area contributed by atoms with E-state index in [0.717, 1.165) is 139 Å². The molecule has 77 heavy (non-hydrogen) atoms. The molecule has 0 unspecified atom stereocenters. The van der Waals surface area contributed by atoms with Crippen LogP contribution in [0.4, 0.5) is 17.1 Å². The van der Waals surface area contributed by atoms with E-state index in [1.165, 1.54) is 0 Å². The monoisotopic (exact) mass is 983 g/mol. The minimum absolute atomic E-state index is 0.764. The Morgan fingerprint density at radius 2 is 0.584 bits per heavy atom. The van der Waals surface area contributed by atoms with Crippen LogP contribution in [0.15, 0.2) is 273 Å². The minimum Gasteiger partial charge on any atom is -0.310 e. The fourth-order valence-electron chi connectivity index (χ4n) is 12.4. The van der Waals surface area contributed by atoms with Gasteiger partial charge in [0.1, 0.15) is 11.4 Å². The van der Waals surface area contributed by atoms with Crippen molar-refractivity contribution in [3.63, 3.8) is 0 Å². The highest BCUT2D eigenvalue weighted by Gasteiger charge is 2.33. The Bertz CT molecular complexity index is 4790. The summed E-state index contributed by atoms with van der Waals surface area (Å²) in [4.78, 5) is 14.1. The standard InChI is InChI=1S/C70H45N7/c1-3-23-46(24-4-1)73(47-25-5-2-6-26-47)48-42-43-65-56(45-48)55-33-13-20-41-64(55)77(65)70-68(75-60-37-16-9-29-51(60)52-30-10-17-38-61(52)75)66(57-34-21-22-44-71-57)67(74-58-35-14-7-27-49(58)50-28-8-15-36-59(50)74)69(72-70)76-62-39-18-11-31-53(62)54-32-12-19-40-63(54)76/h1-45H. The molecule has 7 heteroatoms. The highest BCUT2D eigenvalue weighted by Crippen LogP contribution is 2.49. The van der Waals surface area contributed by atoms with E-state index in [1.54, 1.807) is 0 Å². The normalized spacial score (nSPS) is 11.9. The third-order valence-electron chi connectivity index (χ3n) is 15.6. The first-order chi connectivity index (χ1) is 38.3. The first-order valence-electron chi connectivity index (χ1n) is 26.2. The van der Waals surface area contributed by atoms with Crippen LogP contribution >= 0.6 is 0 Å². The van der Waals surface area contributed by atoms with Crippen molar-refractivity contribution in [2.45, 2.75) is 0 Å². The summed E-state index contributed by atoms with van der Waals surface area (Å²) >= 11 is 0. The highest BCUT2D eigenvalue weighted by molar-refractivity contribution is 6.16. The molecule has 0 radical (unpaired) electrons. The Balaban J connectivity index is 1.15. The number of fused-ring (bicyclic) bond motifs is 12. The lowest BCUT2D eigenvalue weighted by Gasteiger charge is -2.27. The van der Waals surface area contributed by atoms with E-state index in [9.17, 15) is 0 Å². The van der Waals surface area contributed by atoms with Gasteiger partial charge in [-0.15, -0.1) is 0 Å². The molecule has 7 nitrogen and oxygen atoms in total. The Kier molecular flexibility index (Phi) is 9.50. The molecule has 0 atom stereocenters. The topological polar surface area (TPSA) is 48.7 Å². The van der Waals surface area contributed by atoms with Gasteiger partial charge < -0.3 is 14.0 Å². The van der Waals surface area contributed by atoms with Crippen LogP contribution in [-0.2, 0) is 0 Å². The number of benzene rings is 10. The van der Waals surface area contributed by atoms with E-state index < -0.39 is 0 Å². The third kappa shape index (κ3) is 6.38. The molecule has 0 aliphatic rings. The summed E-state index contributed by atoms with van der Waals surface area (Å²) in [5, 5.41) is 9.14. The summed E-state index contributed by atoms with van der Waals surface area (Å²) in [5.74, 6) is 1.54. The van der Waals surface area contributed by atoms with Crippen LogP contribution < -0.4 is 4.90 Å². The molecule has 0 spiro atoms. The van der Waals surface area contributed by atoms with Crippen molar-refractivity contribution in [2.24, 2.45) is 0 Å². The molecule has 16 rings (SSSR count). The van der Waals surface area contributed by atoms with Gasteiger partial charge in [0.25, 0.3) is 0 Å². The van der Waals surface area contributed by atoms with Crippen LogP contribution in [0.5, 0.6) is 0 Å². The largest absolute Gasteiger partial charge is 0.310 e. The van der Waals surface area contributed by atoms with Crippen molar-refractivity contribution >= 4 is 104 Å². The molecule has 0 bridgehead atoms. The second kappa shape index (κ2) is 17.0. The Morgan fingerprint density at radius 1 is 0.260 bits per heavy atom. The maximum Gasteiger partial charge on any atom is 0.165 e. The smallest absolute Gasteiger partial charge is 0.165 e. The molecule has 0 saturated heterocycles. The van der Waals surface area contributed by atoms with Crippen LogP contribution in [0.2, 0.25) is 0 Å². The number of nitrogens with zero attached hydrogens (tertiary/aromatic N) is 7. The van der Waals surface area contributed by atoms with Crippen molar-refractivity contribution in [3.05, 3.63) is 273 Å². The predicted octanol–water partition coefficient (Wildman–Crippen LogP) is 18.0. The Morgan fingerprint density at radius 3 is 0.961 bits per heavy atom. The van der Waals surface area contributed by atoms with Crippen molar-refractivity contribution in [3.8, 4) is 34.3 Å². The molecule has 0 aliphatic carbocycles. The first kappa shape index (κ1) is 43.0. The summed E-state index contributed by atoms with van der Waals surface area (Å²) in [6.45, 7) is 0. The number of hydrogen-bond acceptors (Lipinski definition) is 3. The maximum atomic E-state index is 6.38. The summed E-state index contributed by atoms with van der Waals surface area (Å²) in [5.41, 5.74) is 15.2. The lowest BCUT2D eigenvalue weighted by Crippen LogP contribution is -2.16. The molecule has 16 aromatic rings. The molecule has 6 heterocycles. The van der Waals surface area contributed by atoms with Crippen LogP contribution in [0.3, 0.4) is 0 Å². The van der Waals surface area contributed by atoms with E-state index in [1.807, 2.05) is 12.3 Å². The number of para-hydroxylation sites is 9. The van der Waals surface area contributed by atoms with Gasteiger partial charge in [-0.2, -0.15) is 0 Å². The van der Waals surface area contributed by atoms with Gasteiger partial charge in [-0.25, -0.2) is 4.98 Å². The molecule has 0 N–H and O–H groups in total. The van der Waals surface area contributed by atoms with Crippen molar-refractivity contribution < 1.29 is 0 Å². The number of rotatable bonds is 8. The summed E-state index contributed by atoms with van der Waals surface area (Å²) in [6.07, 6.45) is 1.92. The second-order valence-corrected chi connectivity index (χ2v) is 19.7. The zero-order valence-electron chi connectivity index (χ0n) is 41.6. The summed E-state index contributed by atoms with van der Waals surface area (Å²) in [6, 6.07) is 96.0. The molecule has 10 aromatic carbocycles. The Hall–Kier alpha value is -10.5. The lowest BCUT2D eigenvalue weighted by molar-refractivity contribution is 0.959. The number of anilines is 3. The fourth-order valence-corrected chi connectivity index (χ4v) is 12.4. The van der Waals surface area contributed by atoms with E-state index in [-0.39, 0.29) is 0 Å². The van der Waals surface area contributed by atoms with Gasteiger partial charge in [0, 0.05) is 66.3 Å². The third-order valence-corrected chi connectivity index (χ3v) is 15.6. The van der Waals surface area contributed by atoms with Crippen LogP contribution in [0.1, 0.15) is 0 Å². The van der Waals surface area contributed by atoms with Gasteiger partial charge in [-0.05, 0) is 97.1 Å². The van der Waals surface area contributed by atoms with Gasteiger partial charge in [0.05, 0.1) is 55.4 Å². The SMILES string of the molecule is c1ccc(N(c2ccccc2)c2ccc3c(c2)c2ccccc2n3-c2nc(-n3c4ccccc4c4ccccc43)c(-n3c4ccccc4c4ccccc43)c(-c3ccccn3)c2-n2c3ccccc3c3ccccc32)cc1. The zero-order valence-corrected chi connectivity index (χ0v) is 41.6. The van der Waals surface area contributed by atoms with Crippen molar-refractivity contribution in [1.29, 1.82) is 0 Å². The van der Waals surface area contributed by atoms with Crippen LogP contribution in [0, 0.1) is 0 Å². The quantitative estimate of drug-likeness (QED) is 0.152. The van der Waals surface area contributed by atoms with Gasteiger partial charge in [-0.3, -0.25) is 14.1 Å².